The Balaban J connectivity index is 1.90. The Hall–Kier alpha value is -0.710. The zero-order valence-electron chi connectivity index (χ0n) is 9.96. The highest BCUT2D eigenvalue weighted by molar-refractivity contribution is 9.10. The SMILES string of the molecule is Cc1ccc(CNCc2cnc(C)s2)c(Br)c1. The monoisotopic (exact) mass is 310 g/mol. The third-order valence-corrected chi connectivity index (χ3v) is 4.14. The van der Waals surface area contributed by atoms with Crippen molar-refractivity contribution in [2.75, 3.05) is 0 Å². The summed E-state index contributed by atoms with van der Waals surface area (Å²) in [5.74, 6) is 0. The summed E-state index contributed by atoms with van der Waals surface area (Å²) in [4.78, 5) is 5.52. The third kappa shape index (κ3) is 3.63. The number of rotatable bonds is 4. The number of aromatic nitrogens is 1. The van der Waals surface area contributed by atoms with E-state index in [0.29, 0.717) is 0 Å². The third-order valence-electron chi connectivity index (χ3n) is 2.49. The second-order valence-electron chi connectivity index (χ2n) is 4.04. The summed E-state index contributed by atoms with van der Waals surface area (Å²) in [6, 6.07) is 6.44. The molecule has 0 aliphatic heterocycles. The van der Waals surface area contributed by atoms with Crippen LogP contribution >= 0.6 is 27.3 Å². The molecule has 0 radical (unpaired) electrons. The summed E-state index contributed by atoms with van der Waals surface area (Å²) in [5, 5.41) is 4.56. The molecule has 0 atom stereocenters. The molecule has 2 aromatic rings. The number of hydrogen-bond donors (Lipinski definition) is 1. The molecular weight excluding hydrogens is 296 g/mol. The molecule has 1 aromatic heterocycles. The molecular formula is C13H15BrN2S. The zero-order valence-corrected chi connectivity index (χ0v) is 12.4. The molecule has 0 saturated carbocycles. The average molecular weight is 311 g/mol. The number of hydrogen-bond acceptors (Lipinski definition) is 3. The van der Waals surface area contributed by atoms with Crippen molar-refractivity contribution in [3.05, 3.63) is 49.9 Å². The normalized spacial score (nSPS) is 10.8. The highest BCUT2D eigenvalue weighted by Crippen LogP contribution is 2.18. The first-order chi connectivity index (χ1) is 8.15. The van der Waals surface area contributed by atoms with E-state index in [0.717, 1.165) is 18.1 Å². The molecule has 0 amide bonds. The first-order valence-corrected chi connectivity index (χ1v) is 7.13. The Morgan fingerprint density at radius 3 is 2.76 bits per heavy atom. The van der Waals surface area contributed by atoms with E-state index >= 15 is 0 Å². The fourth-order valence-corrected chi connectivity index (χ4v) is 3.00. The number of nitrogens with zero attached hydrogens (tertiary/aromatic N) is 1. The molecule has 0 saturated heterocycles. The van der Waals surface area contributed by atoms with Gasteiger partial charge in [0.15, 0.2) is 0 Å². The van der Waals surface area contributed by atoms with Gasteiger partial charge in [-0.05, 0) is 31.0 Å². The molecule has 1 N–H and O–H groups in total. The lowest BCUT2D eigenvalue weighted by Gasteiger charge is -2.06. The van der Waals surface area contributed by atoms with Gasteiger partial charge in [-0.3, -0.25) is 0 Å². The van der Waals surface area contributed by atoms with E-state index in [1.54, 1.807) is 11.3 Å². The fraction of sp³-hybridized carbons (Fsp3) is 0.308. The van der Waals surface area contributed by atoms with Crippen LogP contribution < -0.4 is 5.32 Å². The maximum absolute atomic E-state index is 4.24. The minimum Gasteiger partial charge on any atom is -0.308 e. The minimum absolute atomic E-state index is 0.873. The Labute approximate surface area is 114 Å². The summed E-state index contributed by atoms with van der Waals surface area (Å²) in [6.07, 6.45) is 1.94. The van der Waals surface area contributed by atoms with Gasteiger partial charge >= 0.3 is 0 Å². The van der Waals surface area contributed by atoms with Crippen LogP contribution in [0.3, 0.4) is 0 Å². The number of aryl methyl sites for hydroxylation is 2. The lowest BCUT2D eigenvalue weighted by Crippen LogP contribution is -2.12. The fourth-order valence-electron chi connectivity index (χ4n) is 1.60. The first kappa shape index (κ1) is 12.7. The van der Waals surface area contributed by atoms with E-state index in [4.69, 9.17) is 0 Å². The van der Waals surface area contributed by atoms with Gasteiger partial charge < -0.3 is 5.32 Å². The number of thiazole rings is 1. The van der Waals surface area contributed by atoms with Gasteiger partial charge in [0.1, 0.15) is 0 Å². The molecule has 4 heteroatoms. The van der Waals surface area contributed by atoms with Crippen LogP contribution in [0.2, 0.25) is 0 Å². The molecule has 17 heavy (non-hydrogen) atoms. The van der Waals surface area contributed by atoms with Crippen LogP contribution in [0.25, 0.3) is 0 Å². The molecule has 0 spiro atoms. The Bertz CT molecular complexity index is 508. The minimum atomic E-state index is 0.873. The van der Waals surface area contributed by atoms with Crippen LogP contribution in [0.15, 0.2) is 28.9 Å². The molecule has 0 fully saturated rings. The second-order valence-corrected chi connectivity index (χ2v) is 6.22. The predicted molar refractivity (Wildman–Crippen MR) is 76.3 cm³/mol. The van der Waals surface area contributed by atoms with Crippen molar-refractivity contribution in [3.8, 4) is 0 Å². The topological polar surface area (TPSA) is 24.9 Å². The van der Waals surface area contributed by atoms with Gasteiger partial charge in [-0.25, -0.2) is 4.98 Å². The lowest BCUT2D eigenvalue weighted by molar-refractivity contribution is 0.698. The first-order valence-electron chi connectivity index (χ1n) is 5.52. The Morgan fingerprint density at radius 2 is 2.12 bits per heavy atom. The van der Waals surface area contributed by atoms with E-state index in [9.17, 15) is 0 Å². The summed E-state index contributed by atoms with van der Waals surface area (Å²) < 4.78 is 1.17. The van der Waals surface area contributed by atoms with Crippen molar-refractivity contribution < 1.29 is 0 Å². The van der Waals surface area contributed by atoms with Crippen LogP contribution in [-0.2, 0) is 13.1 Å². The molecule has 1 heterocycles. The van der Waals surface area contributed by atoms with Crippen LogP contribution in [0.4, 0.5) is 0 Å². The molecule has 0 unspecified atom stereocenters. The zero-order chi connectivity index (χ0) is 12.3. The van der Waals surface area contributed by atoms with Crippen molar-refractivity contribution in [3.63, 3.8) is 0 Å². The van der Waals surface area contributed by atoms with Gasteiger partial charge in [0.05, 0.1) is 5.01 Å². The summed E-state index contributed by atoms with van der Waals surface area (Å²) in [5.41, 5.74) is 2.57. The number of benzene rings is 1. The van der Waals surface area contributed by atoms with Gasteiger partial charge in [0.25, 0.3) is 0 Å². The molecule has 1 aromatic carbocycles. The van der Waals surface area contributed by atoms with Gasteiger partial charge in [0, 0.05) is 28.6 Å². The smallest absolute Gasteiger partial charge is 0.0897 e. The molecule has 0 aliphatic carbocycles. The van der Waals surface area contributed by atoms with Crippen molar-refractivity contribution in [2.24, 2.45) is 0 Å². The Kier molecular flexibility index (Phi) is 4.31. The standard InChI is InChI=1S/C13H15BrN2S/c1-9-3-4-11(13(14)5-9)6-15-7-12-8-16-10(2)17-12/h3-5,8,15H,6-7H2,1-2H3. The quantitative estimate of drug-likeness (QED) is 0.928. The molecule has 2 nitrogen and oxygen atoms in total. The highest BCUT2D eigenvalue weighted by atomic mass is 79.9. The summed E-state index contributed by atoms with van der Waals surface area (Å²) >= 11 is 5.33. The van der Waals surface area contributed by atoms with Gasteiger partial charge in [-0.15, -0.1) is 11.3 Å². The van der Waals surface area contributed by atoms with Crippen molar-refractivity contribution in [1.82, 2.24) is 10.3 Å². The van der Waals surface area contributed by atoms with Crippen molar-refractivity contribution in [2.45, 2.75) is 26.9 Å². The summed E-state index contributed by atoms with van der Waals surface area (Å²) in [6.45, 7) is 5.89. The van der Waals surface area contributed by atoms with Gasteiger partial charge in [-0.1, -0.05) is 28.1 Å². The maximum atomic E-state index is 4.24. The highest BCUT2D eigenvalue weighted by Gasteiger charge is 2.01. The maximum Gasteiger partial charge on any atom is 0.0897 e. The molecule has 90 valence electrons. The lowest BCUT2D eigenvalue weighted by atomic mass is 10.1. The van der Waals surface area contributed by atoms with Crippen LogP contribution in [0.5, 0.6) is 0 Å². The predicted octanol–water partition coefficient (Wildman–Crippen LogP) is 3.81. The second kappa shape index (κ2) is 5.76. The van der Waals surface area contributed by atoms with Gasteiger partial charge in [0.2, 0.25) is 0 Å². The van der Waals surface area contributed by atoms with Crippen molar-refractivity contribution in [1.29, 1.82) is 0 Å². The van der Waals surface area contributed by atoms with Gasteiger partial charge in [-0.2, -0.15) is 0 Å². The van der Waals surface area contributed by atoms with E-state index in [1.165, 1.54) is 20.5 Å². The van der Waals surface area contributed by atoms with E-state index in [1.807, 2.05) is 13.1 Å². The van der Waals surface area contributed by atoms with E-state index in [-0.39, 0.29) is 0 Å². The Morgan fingerprint density at radius 1 is 1.29 bits per heavy atom. The number of nitrogens with one attached hydrogen (secondary N) is 1. The number of halogens is 1. The summed E-state index contributed by atoms with van der Waals surface area (Å²) in [7, 11) is 0. The van der Waals surface area contributed by atoms with Crippen LogP contribution in [0, 0.1) is 13.8 Å². The van der Waals surface area contributed by atoms with Crippen LogP contribution in [0.1, 0.15) is 21.0 Å². The average Bonchev–Trinajstić information content (AvgIpc) is 2.68. The van der Waals surface area contributed by atoms with Crippen molar-refractivity contribution >= 4 is 27.3 Å². The van der Waals surface area contributed by atoms with Crippen LogP contribution in [-0.4, -0.2) is 4.98 Å². The van der Waals surface area contributed by atoms with E-state index < -0.39 is 0 Å². The largest absolute Gasteiger partial charge is 0.308 e. The molecule has 2 rings (SSSR count). The molecule has 0 bridgehead atoms. The van der Waals surface area contributed by atoms with E-state index in [2.05, 4.69) is 51.4 Å². The molecule has 0 aliphatic rings.